The molecular weight excluding hydrogens is 295 g/mol. The van der Waals surface area contributed by atoms with Crippen molar-refractivity contribution in [3.63, 3.8) is 0 Å². The van der Waals surface area contributed by atoms with Gasteiger partial charge in [-0.2, -0.15) is 0 Å². The maximum absolute atomic E-state index is 6.11. The molecule has 0 amide bonds. The van der Waals surface area contributed by atoms with Gasteiger partial charge in [-0.3, -0.25) is 4.99 Å². The van der Waals surface area contributed by atoms with Gasteiger partial charge in [0.15, 0.2) is 5.50 Å². The van der Waals surface area contributed by atoms with Gasteiger partial charge in [-0.05, 0) is 11.6 Å². The van der Waals surface area contributed by atoms with Gasteiger partial charge in [0, 0.05) is 36.0 Å². The molecule has 2 heterocycles. The van der Waals surface area contributed by atoms with Crippen LogP contribution in [0.4, 0.5) is 5.95 Å². The molecule has 1 aliphatic heterocycles. The van der Waals surface area contributed by atoms with E-state index < -0.39 is 0 Å². The Hall–Kier alpha value is -1.65. The van der Waals surface area contributed by atoms with Crippen molar-refractivity contribution in [2.75, 3.05) is 5.32 Å². The molecule has 0 saturated carbocycles. The summed E-state index contributed by atoms with van der Waals surface area (Å²) >= 11 is 12.2. The number of alkyl halides is 1. The highest BCUT2D eigenvalue weighted by atomic mass is 35.5. The molecule has 0 radical (unpaired) electrons. The lowest BCUT2D eigenvalue weighted by Crippen LogP contribution is -2.11. The number of hydrogen-bond acceptors (Lipinski definition) is 4. The molecule has 3 rings (SSSR count). The molecule has 1 aromatic heterocycles. The summed E-state index contributed by atoms with van der Waals surface area (Å²) in [6.07, 6.45) is 4.19. The smallest absolute Gasteiger partial charge is 0.223 e. The van der Waals surface area contributed by atoms with E-state index in [2.05, 4.69) is 20.3 Å². The lowest BCUT2D eigenvalue weighted by atomic mass is 10.1. The highest BCUT2D eigenvalue weighted by molar-refractivity contribution is 6.31. The predicted molar refractivity (Wildman–Crippen MR) is 81.6 cm³/mol. The molecule has 20 heavy (non-hydrogen) atoms. The SMILES string of the molecule is Clc1ccccc1CNc1ncc2c(n1)CC=NC2Cl. The fourth-order valence-corrected chi connectivity index (χ4v) is 2.47. The standard InChI is InChI=1S/C14H12Cl2N4/c15-11-4-2-1-3-9(11)7-18-14-19-8-10-12(20-14)5-6-17-13(10)16/h1-4,6,8,13H,5,7H2,(H,18,19,20). The average Bonchev–Trinajstić information content (AvgIpc) is 2.46. The Morgan fingerprint density at radius 2 is 2.15 bits per heavy atom. The Morgan fingerprint density at radius 1 is 1.30 bits per heavy atom. The minimum absolute atomic E-state index is 0.378. The van der Waals surface area contributed by atoms with Crippen LogP contribution in [-0.4, -0.2) is 16.2 Å². The van der Waals surface area contributed by atoms with Crippen LogP contribution in [0.2, 0.25) is 5.02 Å². The molecule has 1 unspecified atom stereocenters. The summed E-state index contributed by atoms with van der Waals surface area (Å²) < 4.78 is 0. The van der Waals surface area contributed by atoms with Gasteiger partial charge in [0.25, 0.3) is 0 Å². The number of benzene rings is 1. The first-order valence-electron chi connectivity index (χ1n) is 6.23. The molecule has 1 aliphatic rings. The average molecular weight is 307 g/mol. The second-order valence-corrected chi connectivity index (χ2v) is 5.23. The van der Waals surface area contributed by atoms with Gasteiger partial charge in [-0.1, -0.05) is 41.4 Å². The quantitative estimate of drug-likeness (QED) is 0.696. The monoisotopic (exact) mass is 306 g/mol. The van der Waals surface area contributed by atoms with E-state index in [1.165, 1.54) is 0 Å². The Kier molecular flexibility index (Phi) is 3.85. The molecule has 0 saturated heterocycles. The van der Waals surface area contributed by atoms with Crippen molar-refractivity contribution >= 4 is 35.4 Å². The number of aromatic nitrogens is 2. The Balaban J connectivity index is 1.75. The van der Waals surface area contributed by atoms with E-state index in [0.717, 1.165) is 21.8 Å². The van der Waals surface area contributed by atoms with E-state index in [1.54, 1.807) is 12.4 Å². The summed E-state index contributed by atoms with van der Waals surface area (Å²) in [5.74, 6) is 0.572. The largest absolute Gasteiger partial charge is 0.350 e. The van der Waals surface area contributed by atoms with Crippen LogP contribution in [0.3, 0.4) is 0 Å². The van der Waals surface area contributed by atoms with Crippen LogP contribution in [0.15, 0.2) is 35.5 Å². The first kappa shape index (κ1) is 13.3. The molecule has 6 heteroatoms. The molecular formula is C14H12Cl2N4. The van der Waals surface area contributed by atoms with E-state index in [-0.39, 0.29) is 5.50 Å². The summed E-state index contributed by atoms with van der Waals surface area (Å²) in [6.45, 7) is 0.580. The van der Waals surface area contributed by atoms with E-state index in [9.17, 15) is 0 Å². The Morgan fingerprint density at radius 3 is 3.00 bits per heavy atom. The molecule has 0 aliphatic carbocycles. The van der Waals surface area contributed by atoms with Gasteiger partial charge in [-0.25, -0.2) is 9.97 Å². The summed E-state index contributed by atoms with van der Waals surface area (Å²) in [5.41, 5.74) is 2.41. The highest BCUT2D eigenvalue weighted by Crippen LogP contribution is 2.27. The van der Waals surface area contributed by atoms with Crippen LogP contribution >= 0.6 is 23.2 Å². The third-order valence-corrected chi connectivity index (χ3v) is 3.79. The van der Waals surface area contributed by atoms with E-state index in [4.69, 9.17) is 23.2 Å². The van der Waals surface area contributed by atoms with Crippen LogP contribution in [0.5, 0.6) is 0 Å². The molecule has 0 fully saturated rings. The zero-order valence-corrected chi connectivity index (χ0v) is 12.1. The lowest BCUT2D eigenvalue weighted by Gasteiger charge is -2.15. The number of nitrogens with zero attached hydrogens (tertiary/aromatic N) is 3. The van der Waals surface area contributed by atoms with Crippen LogP contribution in [0.1, 0.15) is 22.3 Å². The van der Waals surface area contributed by atoms with Gasteiger partial charge in [0.05, 0.1) is 5.69 Å². The number of rotatable bonds is 3. The van der Waals surface area contributed by atoms with Crippen LogP contribution in [0, 0.1) is 0 Å². The van der Waals surface area contributed by atoms with Crippen molar-refractivity contribution in [3.8, 4) is 0 Å². The van der Waals surface area contributed by atoms with Crippen LogP contribution in [0.25, 0.3) is 0 Å². The minimum atomic E-state index is -0.378. The maximum atomic E-state index is 6.11. The highest BCUT2D eigenvalue weighted by Gasteiger charge is 2.17. The molecule has 1 atom stereocenters. The normalized spacial score (nSPS) is 16.8. The first-order chi connectivity index (χ1) is 9.74. The number of nitrogens with one attached hydrogen (secondary N) is 1. The number of anilines is 1. The summed E-state index contributed by atoms with van der Waals surface area (Å²) in [4.78, 5) is 12.9. The number of fused-ring (bicyclic) bond motifs is 1. The number of halogens is 2. The van der Waals surface area contributed by atoms with Crippen molar-refractivity contribution < 1.29 is 0 Å². The van der Waals surface area contributed by atoms with Gasteiger partial charge in [-0.15, -0.1) is 0 Å². The van der Waals surface area contributed by atoms with E-state index in [1.807, 2.05) is 24.3 Å². The Bertz CT molecular complexity index is 657. The van der Waals surface area contributed by atoms with Gasteiger partial charge >= 0.3 is 0 Å². The third kappa shape index (κ3) is 2.76. The van der Waals surface area contributed by atoms with Crippen molar-refractivity contribution in [2.45, 2.75) is 18.5 Å². The van der Waals surface area contributed by atoms with Gasteiger partial charge < -0.3 is 5.32 Å². The molecule has 1 aromatic carbocycles. The molecule has 4 nitrogen and oxygen atoms in total. The van der Waals surface area contributed by atoms with Crippen LogP contribution in [-0.2, 0) is 13.0 Å². The first-order valence-corrected chi connectivity index (χ1v) is 7.04. The van der Waals surface area contributed by atoms with Crippen molar-refractivity contribution in [1.29, 1.82) is 0 Å². The van der Waals surface area contributed by atoms with E-state index >= 15 is 0 Å². The van der Waals surface area contributed by atoms with Gasteiger partial charge in [0.1, 0.15) is 0 Å². The van der Waals surface area contributed by atoms with E-state index in [0.29, 0.717) is 18.9 Å². The second-order valence-electron chi connectivity index (χ2n) is 4.41. The zero-order valence-electron chi connectivity index (χ0n) is 10.6. The van der Waals surface area contributed by atoms with Crippen molar-refractivity contribution in [3.05, 3.63) is 52.3 Å². The molecule has 0 spiro atoms. The van der Waals surface area contributed by atoms with Crippen molar-refractivity contribution in [1.82, 2.24) is 9.97 Å². The lowest BCUT2D eigenvalue weighted by molar-refractivity contribution is 0.894. The second kappa shape index (κ2) is 5.77. The molecule has 2 aromatic rings. The predicted octanol–water partition coefficient (Wildman–Crippen LogP) is 3.61. The fraction of sp³-hybridized carbons (Fsp3) is 0.214. The van der Waals surface area contributed by atoms with Crippen molar-refractivity contribution in [2.24, 2.45) is 4.99 Å². The Labute approximate surface area is 126 Å². The summed E-state index contributed by atoms with van der Waals surface area (Å²) in [6, 6.07) is 7.68. The zero-order chi connectivity index (χ0) is 13.9. The fourth-order valence-electron chi connectivity index (χ4n) is 2.00. The summed E-state index contributed by atoms with van der Waals surface area (Å²) in [5, 5.41) is 3.90. The van der Waals surface area contributed by atoms with Gasteiger partial charge in [0.2, 0.25) is 5.95 Å². The number of hydrogen-bond donors (Lipinski definition) is 1. The molecule has 0 bridgehead atoms. The molecule has 1 N–H and O–H groups in total. The number of aliphatic imine (C=N–C) groups is 1. The minimum Gasteiger partial charge on any atom is -0.350 e. The third-order valence-electron chi connectivity index (χ3n) is 3.07. The summed E-state index contributed by atoms with van der Waals surface area (Å²) in [7, 11) is 0. The topological polar surface area (TPSA) is 50.2 Å². The maximum Gasteiger partial charge on any atom is 0.223 e. The van der Waals surface area contributed by atoms with Crippen LogP contribution < -0.4 is 5.32 Å². The molecule has 102 valence electrons.